The lowest BCUT2D eigenvalue weighted by atomic mass is 9.83. The summed E-state index contributed by atoms with van der Waals surface area (Å²) >= 11 is 5.88. The second-order valence-electron chi connectivity index (χ2n) is 12.2. The Bertz CT molecular complexity index is 1950. The van der Waals surface area contributed by atoms with Crippen molar-refractivity contribution in [2.24, 2.45) is 0 Å². The first kappa shape index (κ1) is 33.1. The summed E-state index contributed by atoms with van der Waals surface area (Å²) in [6, 6.07) is 29.7. The molecule has 0 aliphatic rings. The van der Waals surface area contributed by atoms with Gasteiger partial charge in [-0.3, -0.25) is 9.35 Å². The van der Waals surface area contributed by atoms with Gasteiger partial charge in [-0.1, -0.05) is 98.2 Å². The number of nitrogens with one attached hydrogen (secondary N) is 1. The third-order valence-corrected chi connectivity index (χ3v) is 8.79. The van der Waals surface area contributed by atoms with Crippen LogP contribution in [0.25, 0.3) is 22.5 Å². The molecular formula is C36H34ClFN2O5S. The molecule has 7 nitrogen and oxygen atoms in total. The number of amides is 1. The summed E-state index contributed by atoms with van der Waals surface area (Å²) in [4.78, 5) is 12.5. The molecule has 1 heterocycles. The smallest absolute Gasteiger partial charge is 0.266 e. The lowest BCUT2D eigenvalue weighted by Crippen LogP contribution is -2.28. The highest BCUT2D eigenvalue weighted by atomic mass is 35.5. The van der Waals surface area contributed by atoms with Crippen LogP contribution in [0.2, 0.25) is 5.02 Å². The van der Waals surface area contributed by atoms with Crippen molar-refractivity contribution in [3.8, 4) is 22.5 Å². The summed E-state index contributed by atoms with van der Waals surface area (Å²) in [6.07, 6.45) is 0.565. The van der Waals surface area contributed by atoms with E-state index >= 15 is 0 Å². The van der Waals surface area contributed by atoms with E-state index in [4.69, 9.17) is 20.7 Å². The van der Waals surface area contributed by atoms with Gasteiger partial charge in [0.25, 0.3) is 16.0 Å². The van der Waals surface area contributed by atoms with E-state index in [0.29, 0.717) is 23.3 Å². The molecule has 0 radical (unpaired) electrons. The molecule has 0 saturated heterocycles. The lowest BCUT2D eigenvalue weighted by molar-refractivity contribution is 0.0956. The summed E-state index contributed by atoms with van der Waals surface area (Å²) in [6.45, 7) is 6.29. The van der Waals surface area contributed by atoms with Crippen molar-refractivity contribution in [1.29, 1.82) is 0 Å². The van der Waals surface area contributed by atoms with Gasteiger partial charge in [-0.05, 0) is 70.0 Å². The molecule has 0 saturated carbocycles. The average Bonchev–Trinajstić information content (AvgIpc) is 3.51. The number of carbonyl (C=O) groups is 1. The molecule has 10 heteroatoms. The Labute approximate surface area is 273 Å². The summed E-state index contributed by atoms with van der Waals surface area (Å²) < 4.78 is 50.8. The topological polar surface area (TPSA) is 110 Å². The molecule has 4 aromatic carbocycles. The van der Waals surface area contributed by atoms with Crippen LogP contribution in [-0.2, 0) is 22.0 Å². The minimum Gasteiger partial charge on any atom is -0.356 e. The van der Waals surface area contributed by atoms with E-state index in [2.05, 4.69) is 55.5 Å². The van der Waals surface area contributed by atoms with E-state index in [1.54, 1.807) is 18.2 Å². The molecule has 0 aliphatic heterocycles. The molecule has 46 heavy (non-hydrogen) atoms. The highest BCUT2D eigenvalue weighted by Crippen LogP contribution is 2.34. The van der Waals surface area contributed by atoms with Crippen LogP contribution < -0.4 is 5.32 Å². The zero-order valence-electron chi connectivity index (χ0n) is 25.6. The van der Waals surface area contributed by atoms with E-state index in [-0.39, 0.29) is 22.9 Å². The molecule has 2 N–H and O–H groups in total. The second kappa shape index (κ2) is 13.6. The standard InChI is InChI=1S/C36H34ClFN2O5S/c1-36(2,3)29-14-11-24(12-15-29)30(19-23-7-9-25(10-8-23)35(41)39-17-18-46(42,43)44)33-22-34(45-40-33)28-6-4-5-26(20-28)27-13-16-31(37)32(38)21-27/h4-16,20-22,30H,17-19H2,1-3H3,(H,39,41)(H,42,43,44). The van der Waals surface area contributed by atoms with Crippen LogP contribution in [0.3, 0.4) is 0 Å². The van der Waals surface area contributed by atoms with Crippen molar-refractivity contribution in [3.05, 3.63) is 136 Å². The van der Waals surface area contributed by atoms with Crippen LogP contribution in [-0.4, -0.2) is 36.3 Å². The molecule has 238 valence electrons. The van der Waals surface area contributed by atoms with Gasteiger partial charge in [0, 0.05) is 29.7 Å². The third-order valence-electron chi connectivity index (χ3n) is 7.77. The number of rotatable bonds is 10. The van der Waals surface area contributed by atoms with Gasteiger partial charge in [0.05, 0.1) is 16.5 Å². The molecule has 1 atom stereocenters. The molecule has 1 aromatic heterocycles. The Morgan fingerprint density at radius 2 is 1.61 bits per heavy atom. The van der Waals surface area contributed by atoms with Gasteiger partial charge in [-0.15, -0.1) is 0 Å². The minimum absolute atomic E-state index is 0.00906. The van der Waals surface area contributed by atoms with Crippen LogP contribution >= 0.6 is 11.6 Å². The SMILES string of the molecule is CC(C)(C)c1ccc(C(Cc2ccc(C(=O)NCCS(=O)(=O)O)cc2)c2cc(-c3cccc(-c4ccc(Cl)c(F)c4)c3)on2)cc1. The van der Waals surface area contributed by atoms with Crippen molar-refractivity contribution in [2.75, 3.05) is 12.3 Å². The minimum atomic E-state index is -4.17. The maximum absolute atomic E-state index is 14.2. The van der Waals surface area contributed by atoms with E-state index < -0.39 is 27.6 Å². The van der Waals surface area contributed by atoms with Crippen LogP contribution in [0.15, 0.2) is 102 Å². The first-order chi connectivity index (χ1) is 21.8. The van der Waals surface area contributed by atoms with E-state index in [1.807, 2.05) is 42.5 Å². The number of aromatic nitrogens is 1. The highest BCUT2D eigenvalue weighted by molar-refractivity contribution is 7.85. The number of nitrogens with zero attached hydrogens (tertiary/aromatic N) is 1. The Balaban J connectivity index is 1.42. The molecule has 1 unspecified atom stereocenters. The molecule has 5 aromatic rings. The molecule has 0 aliphatic carbocycles. The first-order valence-electron chi connectivity index (χ1n) is 14.7. The van der Waals surface area contributed by atoms with Gasteiger partial charge < -0.3 is 9.84 Å². The van der Waals surface area contributed by atoms with Crippen molar-refractivity contribution in [1.82, 2.24) is 10.5 Å². The molecule has 0 spiro atoms. The maximum Gasteiger partial charge on any atom is 0.266 e. The van der Waals surface area contributed by atoms with Crippen molar-refractivity contribution >= 4 is 27.6 Å². The van der Waals surface area contributed by atoms with Crippen LogP contribution in [0.1, 0.15) is 59.4 Å². The summed E-state index contributed by atoms with van der Waals surface area (Å²) in [5, 5.41) is 7.04. The number of carbonyl (C=O) groups excluding carboxylic acids is 1. The zero-order chi connectivity index (χ0) is 33.1. The Morgan fingerprint density at radius 3 is 2.26 bits per heavy atom. The third kappa shape index (κ3) is 8.28. The zero-order valence-corrected chi connectivity index (χ0v) is 27.2. The maximum atomic E-state index is 14.2. The normalized spacial score (nSPS) is 12.6. The fourth-order valence-corrected chi connectivity index (χ4v) is 5.63. The second-order valence-corrected chi connectivity index (χ2v) is 14.2. The first-order valence-corrected chi connectivity index (χ1v) is 16.7. The van der Waals surface area contributed by atoms with Gasteiger partial charge in [0.15, 0.2) is 5.76 Å². The predicted octanol–water partition coefficient (Wildman–Crippen LogP) is 8.09. The summed E-state index contributed by atoms with van der Waals surface area (Å²) in [7, 11) is -4.17. The van der Waals surface area contributed by atoms with Gasteiger partial charge in [0.2, 0.25) is 0 Å². The summed E-state index contributed by atoms with van der Waals surface area (Å²) in [5.41, 5.74) is 6.58. The van der Waals surface area contributed by atoms with Gasteiger partial charge in [-0.2, -0.15) is 8.42 Å². The van der Waals surface area contributed by atoms with Crippen molar-refractivity contribution < 1.29 is 26.7 Å². The number of hydrogen-bond donors (Lipinski definition) is 2. The van der Waals surface area contributed by atoms with Crippen LogP contribution in [0.5, 0.6) is 0 Å². The van der Waals surface area contributed by atoms with Gasteiger partial charge in [0.1, 0.15) is 5.82 Å². The Morgan fingerprint density at radius 1 is 0.935 bits per heavy atom. The number of hydrogen-bond acceptors (Lipinski definition) is 5. The number of halogens is 2. The fourth-order valence-electron chi connectivity index (χ4n) is 5.15. The monoisotopic (exact) mass is 660 g/mol. The van der Waals surface area contributed by atoms with E-state index in [0.717, 1.165) is 27.9 Å². The van der Waals surface area contributed by atoms with Crippen molar-refractivity contribution in [3.63, 3.8) is 0 Å². The lowest BCUT2D eigenvalue weighted by Gasteiger charge is -2.21. The fraction of sp³-hybridized carbons (Fsp3) is 0.222. The highest BCUT2D eigenvalue weighted by Gasteiger charge is 2.22. The van der Waals surface area contributed by atoms with Crippen LogP contribution in [0.4, 0.5) is 4.39 Å². The number of benzene rings is 4. The Hall–Kier alpha value is -4.31. The molecule has 0 fully saturated rings. The molecular weight excluding hydrogens is 627 g/mol. The quantitative estimate of drug-likeness (QED) is 0.147. The predicted molar refractivity (Wildman–Crippen MR) is 178 cm³/mol. The largest absolute Gasteiger partial charge is 0.356 e. The van der Waals surface area contributed by atoms with Gasteiger partial charge >= 0.3 is 0 Å². The molecule has 0 bridgehead atoms. The molecule has 5 rings (SSSR count). The van der Waals surface area contributed by atoms with Crippen molar-refractivity contribution in [2.45, 2.75) is 38.5 Å². The molecule has 1 amide bonds. The Kier molecular flexibility index (Phi) is 9.76. The van der Waals surface area contributed by atoms with Gasteiger partial charge in [-0.25, -0.2) is 4.39 Å². The van der Waals surface area contributed by atoms with Crippen LogP contribution in [0, 0.1) is 5.82 Å². The average molecular weight is 661 g/mol. The van der Waals surface area contributed by atoms with E-state index in [1.165, 1.54) is 17.7 Å². The summed E-state index contributed by atoms with van der Waals surface area (Å²) in [5.74, 6) is -1.09. The van der Waals surface area contributed by atoms with E-state index in [9.17, 15) is 17.6 Å².